The Morgan fingerprint density at radius 1 is 1.41 bits per heavy atom. The topological polar surface area (TPSA) is 98.6 Å². The normalized spacial score (nSPS) is 11.5. The summed E-state index contributed by atoms with van der Waals surface area (Å²) in [6.45, 7) is 1.13. The van der Waals surface area contributed by atoms with Gasteiger partial charge in [0, 0.05) is 20.7 Å². The van der Waals surface area contributed by atoms with Crippen LogP contribution in [0.5, 0.6) is 0 Å². The van der Waals surface area contributed by atoms with Gasteiger partial charge in [-0.25, -0.2) is 13.6 Å². The molecule has 0 heterocycles. The standard InChI is InChI=1S/C10H17N3O3S/c1-13(5-6-16-2)10-7-8(17(12,14)15)3-4-9(10)11/h3-4,7H,5-6,11H2,1-2H3,(H2,12,14,15). The molecule has 0 aliphatic carbocycles. The molecule has 1 rings (SSSR count). The largest absolute Gasteiger partial charge is 0.397 e. The Bertz CT molecular complexity index is 488. The van der Waals surface area contributed by atoms with Crippen LogP contribution >= 0.6 is 0 Å². The number of methoxy groups -OCH3 is 1. The quantitative estimate of drug-likeness (QED) is 0.725. The molecule has 1 aromatic carbocycles. The third kappa shape index (κ3) is 3.58. The molecule has 17 heavy (non-hydrogen) atoms. The van der Waals surface area contributed by atoms with Gasteiger partial charge in [0.05, 0.1) is 22.9 Å². The van der Waals surface area contributed by atoms with Crippen molar-refractivity contribution < 1.29 is 13.2 Å². The Morgan fingerprint density at radius 3 is 2.59 bits per heavy atom. The summed E-state index contributed by atoms with van der Waals surface area (Å²) in [5, 5.41) is 5.06. The van der Waals surface area contributed by atoms with Crippen molar-refractivity contribution in [1.82, 2.24) is 0 Å². The van der Waals surface area contributed by atoms with Gasteiger partial charge in [-0.3, -0.25) is 0 Å². The zero-order valence-corrected chi connectivity index (χ0v) is 10.7. The molecule has 0 amide bonds. The molecule has 0 fully saturated rings. The Hall–Kier alpha value is -1.31. The van der Waals surface area contributed by atoms with Gasteiger partial charge in [-0.15, -0.1) is 0 Å². The second kappa shape index (κ2) is 5.35. The van der Waals surface area contributed by atoms with Gasteiger partial charge < -0.3 is 15.4 Å². The number of hydrogen-bond donors (Lipinski definition) is 2. The highest BCUT2D eigenvalue weighted by Gasteiger charge is 2.12. The van der Waals surface area contributed by atoms with Crippen LogP contribution in [-0.2, 0) is 14.8 Å². The van der Waals surface area contributed by atoms with E-state index in [9.17, 15) is 8.42 Å². The molecule has 4 N–H and O–H groups in total. The summed E-state index contributed by atoms with van der Waals surface area (Å²) in [5.41, 5.74) is 6.90. The van der Waals surface area contributed by atoms with Crippen LogP contribution < -0.4 is 15.8 Å². The molecule has 0 spiro atoms. The first-order valence-electron chi connectivity index (χ1n) is 4.98. The van der Waals surface area contributed by atoms with Gasteiger partial charge in [-0.1, -0.05) is 0 Å². The average molecular weight is 259 g/mol. The predicted octanol–water partition coefficient (Wildman–Crippen LogP) is -0.00120. The van der Waals surface area contributed by atoms with Gasteiger partial charge in [0.25, 0.3) is 0 Å². The van der Waals surface area contributed by atoms with Crippen LogP contribution in [0.3, 0.4) is 0 Å². The van der Waals surface area contributed by atoms with Crippen molar-refractivity contribution in [3.8, 4) is 0 Å². The fourth-order valence-electron chi connectivity index (χ4n) is 1.38. The van der Waals surface area contributed by atoms with Crippen LogP contribution in [0.25, 0.3) is 0 Å². The van der Waals surface area contributed by atoms with Crippen molar-refractivity contribution in [2.45, 2.75) is 4.90 Å². The number of ether oxygens (including phenoxy) is 1. The Kier molecular flexibility index (Phi) is 4.33. The van der Waals surface area contributed by atoms with Crippen LogP contribution in [-0.4, -0.2) is 35.7 Å². The van der Waals surface area contributed by atoms with Gasteiger partial charge in [0.15, 0.2) is 0 Å². The van der Waals surface area contributed by atoms with E-state index in [2.05, 4.69) is 0 Å². The maximum Gasteiger partial charge on any atom is 0.238 e. The van der Waals surface area contributed by atoms with Crippen molar-refractivity contribution in [2.24, 2.45) is 5.14 Å². The number of likely N-dealkylation sites (N-methyl/N-ethyl adjacent to an activating group) is 1. The molecule has 7 heteroatoms. The highest BCUT2D eigenvalue weighted by atomic mass is 32.2. The molecule has 0 saturated heterocycles. The molecule has 6 nitrogen and oxygen atoms in total. The van der Waals surface area contributed by atoms with Gasteiger partial charge >= 0.3 is 0 Å². The number of nitrogens with two attached hydrogens (primary N) is 2. The Balaban J connectivity index is 3.06. The predicted molar refractivity (Wildman–Crippen MR) is 67.4 cm³/mol. The number of anilines is 2. The maximum atomic E-state index is 11.2. The van der Waals surface area contributed by atoms with Crippen LogP contribution in [0.15, 0.2) is 23.1 Å². The van der Waals surface area contributed by atoms with E-state index in [-0.39, 0.29) is 4.90 Å². The zero-order chi connectivity index (χ0) is 13.1. The minimum Gasteiger partial charge on any atom is -0.397 e. The summed E-state index contributed by atoms with van der Waals surface area (Å²) in [6.07, 6.45) is 0. The maximum absolute atomic E-state index is 11.2. The van der Waals surface area contributed by atoms with Crippen molar-refractivity contribution >= 4 is 21.4 Å². The number of hydrogen-bond acceptors (Lipinski definition) is 5. The van der Waals surface area contributed by atoms with E-state index in [4.69, 9.17) is 15.6 Å². The van der Waals surface area contributed by atoms with Crippen LogP contribution in [0, 0.1) is 0 Å². The van der Waals surface area contributed by atoms with Crippen molar-refractivity contribution in [2.75, 3.05) is 37.9 Å². The first kappa shape index (κ1) is 13.8. The Labute approximate surface area is 101 Å². The molecule has 96 valence electrons. The van der Waals surface area contributed by atoms with E-state index in [1.54, 1.807) is 14.2 Å². The second-order valence-electron chi connectivity index (χ2n) is 3.68. The molecule has 0 bridgehead atoms. The minimum absolute atomic E-state index is 0.0472. The van der Waals surface area contributed by atoms with E-state index in [1.807, 2.05) is 4.90 Å². The lowest BCUT2D eigenvalue weighted by Gasteiger charge is -2.21. The van der Waals surface area contributed by atoms with Gasteiger partial charge in [-0.2, -0.15) is 0 Å². The van der Waals surface area contributed by atoms with E-state index >= 15 is 0 Å². The summed E-state index contributed by atoms with van der Waals surface area (Å²) in [6, 6.07) is 4.37. The molecule has 1 aromatic rings. The minimum atomic E-state index is -3.71. The molecule has 0 aliphatic rings. The fraction of sp³-hybridized carbons (Fsp3) is 0.400. The number of benzene rings is 1. The molecule has 0 atom stereocenters. The van der Waals surface area contributed by atoms with E-state index in [0.717, 1.165) is 0 Å². The van der Waals surface area contributed by atoms with E-state index in [1.165, 1.54) is 18.2 Å². The van der Waals surface area contributed by atoms with E-state index in [0.29, 0.717) is 24.5 Å². The van der Waals surface area contributed by atoms with Crippen LogP contribution in [0.1, 0.15) is 0 Å². The zero-order valence-electron chi connectivity index (χ0n) is 9.88. The number of nitrogen functional groups attached to an aromatic ring is 1. The average Bonchev–Trinajstić information content (AvgIpc) is 2.24. The molecule has 0 saturated carbocycles. The lowest BCUT2D eigenvalue weighted by atomic mass is 10.2. The molecular weight excluding hydrogens is 242 g/mol. The monoisotopic (exact) mass is 259 g/mol. The lowest BCUT2D eigenvalue weighted by molar-refractivity contribution is 0.206. The number of nitrogens with zero attached hydrogens (tertiary/aromatic N) is 1. The molecule has 0 unspecified atom stereocenters. The fourth-order valence-corrected chi connectivity index (χ4v) is 1.91. The summed E-state index contributed by atoms with van der Waals surface area (Å²) in [7, 11) is -0.311. The third-order valence-electron chi connectivity index (χ3n) is 2.37. The summed E-state index contributed by atoms with van der Waals surface area (Å²) >= 11 is 0. The molecule has 0 radical (unpaired) electrons. The molecule has 0 aliphatic heterocycles. The Morgan fingerprint density at radius 2 is 2.06 bits per heavy atom. The first-order chi connectivity index (χ1) is 7.86. The molecule has 0 aromatic heterocycles. The SMILES string of the molecule is COCCN(C)c1cc(S(N)(=O)=O)ccc1N. The number of rotatable bonds is 5. The summed E-state index contributed by atoms with van der Waals surface area (Å²) in [4.78, 5) is 1.86. The van der Waals surface area contributed by atoms with Crippen molar-refractivity contribution in [3.63, 3.8) is 0 Å². The van der Waals surface area contributed by atoms with Crippen LogP contribution in [0.4, 0.5) is 11.4 Å². The number of primary sulfonamides is 1. The van der Waals surface area contributed by atoms with Gasteiger partial charge in [0.2, 0.25) is 10.0 Å². The lowest BCUT2D eigenvalue weighted by Crippen LogP contribution is -2.23. The van der Waals surface area contributed by atoms with E-state index < -0.39 is 10.0 Å². The molecular formula is C10H17N3O3S. The first-order valence-corrected chi connectivity index (χ1v) is 6.53. The summed E-state index contributed by atoms with van der Waals surface area (Å²) < 4.78 is 27.4. The highest BCUT2D eigenvalue weighted by Crippen LogP contribution is 2.25. The summed E-state index contributed by atoms with van der Waals surface area (Å²) in [5.74, 6) is 0. The van der Waals surface area contributed by atoms with Crippen molar-refractivity contribution in [3.05, 3.63) is 18.2 Å². The number of sulfonamides is 1. The van der Waals surface area contributed by atoms with Gasteiger partial charge in [-0.05, 0) is 18.2 Å². The smallest absolute Gasteiger partial charge is 0.238 e. The second-order valence-corrected chi connectivity index (χ2v) is 5.24. The highest BCUT2D eigenvalue weighted by molar-refractivity contribution is 7.89. The van der Waals surface area contributed by atoms with Crippen molar-refractivity contribution in [1.29, 1.82) is 0 Å². The van der Waals surface area contributed by atoms with Crippen LogP contribution in [0.2, 0.25) is 0 Å². The third-order valence-corrected chi connectivity index (χ3v) is 3.28. The van der Waals surface area contributed by atoms with Gasteiger partial charge in [0.1, 0.15) is 0 Å².